The molecule has 1 aromatic heterocycles. The van der Waals surface area contributed by atoms with Gasteiger partial charge in [-0.05, 0) is 73.6 Å². The minimum Gasteiger partial charge on any atom is -0.494 e. The maximum atomic E-state index is 13.7. The van der Waals surface area contributed by atoms with Crippen molar-refractivity contribution in [1.29, 1.82) is 0 Å². The number of aryl methyl sites for hydroxylation is 2. The van der Waals surface area contributed by atoms with Crippen LogP contribution in [0, 0.1) is 18.6 Å². The molecule has 0 radical (unpaired) electrons. The highest BCUT2D eigenvalue weighted by atomic mass is 32.1. The van der Waals surface area contributed by atoms with E-state index in [2.05, 4.69) is 4.99 Å². The zero-order valence-electron chi connectivity index (χ0n) is 18.2. The van der Waals surface area contributed by atoms with Crippen molar-refractivity contribution in [3.63, 3.8) is 0 Å². The van der Waals surface area contributed by atoms with Gasteiger partial charge in [0.05, 0.1) is 17.1 Å². The van der Waals surface area contributed by atoms with Gasteiger partial charge in [-0.15, -0.1) is 0 Å². The Morgan fingerprint density at radius 2 is 1.61 bits per heavy atom. The summed E-state index contributed by atoms with van der Waals surface area (Å²) in [6.07, 6.45) is 3.39. The smallest absolute Gasteiger partial charge is 0.270 e. The fraction of sp³-hybridized carbons (Fsp3) is 0.0741. The normalized spacial score (nSPS) is 13.5. The van der Waals surface area contributed by atoms with Crippen LogP contribution in [0.4, 0.5) is 5.69 Å². The van der Waals surface area contributed by atoms with E-state index in [4.69, 9.17) is 12.2 Å². The van der Waals surface area contributed by atoms with Gasteiger partial charge < -0.3 is 5.11 Å². The van der Waals surface area contributed by atoms with Gasteiger partial charge in [-0.25, -0.2) is 0 Å². The summed E-state index contributed by atoms with van der Waals surface area (Å²) in [5.41, 5.74) is 5.72. The van der Waals surface area contributed by atoms with E-state index in [1.807, 2.05) is 86.6 Å². The highest BCUT2D eigenvalue weighted by Crippen LogP contribution is 2.33. The first kappa shape index (κ1) is 20.8. The van der Waals surface area contributed by atoms with E-state index in [9.17, 15) is 9.90 Å². The van der Waals surface area contributed by atoms with Crippen LogP contribution in [0.15, 0.2) is 82.6 Å². The number of allylic oxidation sites excluding steroid dienone is 1. The molecule has 1 N–H and O–H groups in total. The summed E-state index contributed by atoms with van der Waals surface area (Å²) >= 11 is 5.73. The van der Waals surface area contributed by atoms with E-state index >= 15 is 0 Å². The standard InChI is InChI=1S/C27H21N3O2S/c1-17-12-13-21(14-18(17)2)30-26(32)23(15-19-16-28-24-11-7-6-10-22(19)24)25(31)29(27(30)33)20-8-4-3-5-9-20/h3-16,31H,1-2H3. The van der Waals surface area contributed by atoms with E-state index in [0.717, 1.165) is 28.0 Å². The molecule has 5 rings (SSSR count). The Morgan fingerprint density at radius 1 is 0.879 bits per heavy atom. The number of aromatic hydroxyl groups is 1. The summed E-state index contributed by atoms with van der Waals surface area (Å²) in [6, 6.07) is 22.8. The first-order valence-corrected chi connectivity index (χ1v) is 11.0. The first-order valence-electron chi connectivity index (χ1n) is 10.5. The molecule has 0 bridgehead atoms. The van der Waals surface area contributed by atoms with Gasteiger partial charge in [0.15, 0.2) is 4.77 Å². The number of benzene rings is 3. The molecule has 1 aliphatic rings. The number of rotatable bonds is 3. The highest BCUT2D eigenvalue weighted by molar-refractivity contribution is 7.71. The van der Waals surface area contributed by atoms with Gasteiger partial charge in [-0.3, -0.25) is 18.9 Å². The summed E-state index contributed by atoms with van der Waals surface area (Å²) in [6.45, 7) is 4.01. The predicted octanol–water partition coefficient (Wildman–Crippen LogP) is 5.94. The van der Waals surface area contributed by atoms with Crippen molar-refractivity contribution < 1.29 is 5.11 Å². The number of aromatic nitrogens is 2. The number of nitrogens with zero attached hydrogens (tertiary/aromatic N) is 3. The number of aliphatic imine (C=N–C) groups is 1. The summed E-state index contributed by atoms with van der Waals surface area (Å²) in [7, 11) is 0. The quantitative estimate of drug-likeness (QED) is 0.392. The average Bonchev–Trinajstić information content (AvgIpc) is 3.23. The van der Waals surface area contributed by atoms with Crippen LogP contribution >= 0.6 is 12.2 Å². The molecular weight excluding hydrogens is 430 g/mol. The van der Waals surface area contributed by atoms with Gasteiger partial charge in [0.2, 0.25) is 5.88 Å². The predicted molar refractivity (Wildman–Crippen MR) is 136 cm³/mol. The fourth-order valence-electron chi connectivity index (χ4n) is 3.95. The lowest BCUT2D eigenvalue weighted by Crippen LogP contribution is -2.26. The number of hydrogen-bond donors (Lipinski definition) is 1. The molecule has 2 heterocycles. The summed E-state index contributed by atoms with van der Waals surface area (Å²) < 4.78 is 3.18. The molecule has 6 heteroatoms. The van der Waals surface area contributed by atoms with Crippen LogP contribution < -0.4 is 5.56 Å². The van der Waals surface area contributed by atoms with Crippen molar-refractivity contribution in [2.45, 2.75) is 13.8 Å². The van der Waals surface area contributed by atoms with Gasteiger partial charge in [-0.1, -0.05) is 42.5 Å². The molecule has 1 aliphatic heterocycles. The molecule has 0 saturated heterocycles. The third-order valence-electron chi connectivity index (χ3n) is 5.89. The number of fused-ring (bicyclic) bond motifs is 1. The van der Waals surface area contributed by atoms with Gasteiger partial charge >= 0.3 is 0 Å². The molecule has 0 fully saturated rings. The second-order valence-electron chi connectivity index (χ2n) is 7.97. The maximum Gasteiger partial charge on any atom is 0.270 e. The minimum atomic E-state index is -0.391. The highest BCUT2D eigenvalue weighted by Gasteiger charge is 2.20. The third-order valence-corrected chi connectivity index (χ3v) is 6.25. The zero-order chi connectivity index (χ0) is 23.1. The third kappa shape index (κ3) is 3.54. The lowest BCUT2D eigenvalue weighted by Gasteiger charge is -2.17. The molecular formula is C27H21N3O2S. The van der Waals surface area contributed by atoms with Crippen molar-refractivity contribution in [2.75, 3.05) is 0 Å². The summed E-state index contributed by atoms with van der Waals surface area (Å²) in [5, 5.41) is 11.3. The average molecular weight is 452 g/mol. The lowest BCUT2D eigenvalue weighted by molar-refractivity contribution is 0.429. The summed E-state index contributed by atoms with van der Waals surface area (Å²) in [5.74, 6) is -0.207. The number of para-hydroxylation sites is 2. The molecule has 4 aromatic rings. The van der Waals surface area contributed by atoms with Crippen LogP contribution in [0.1, 0.15) is 22.3 Å². The molecule has 5 nitrogen and oxygen atoms in total. The van der Waals surface area contributed by atoms with E-state index in [1.165, 1.54) is 9.13 Å². The fourth-order valence-corrected chi connectivity index (χ4v) is 4.33. The Bertz CT molecular complexity index is 1580. The molecule has 33 heavy (non-hydrogen) atoms. The van der Waals surface area contributed by atoms with Crippen LogP contribution in [0.3, 0.4) is 0 Å². The van der Waals surface area contributed by atoms with Crippen molar-refractivity contribution in [3.8, 4) is 17.3 Å². The molecule has 0 atom stereocenters. The van der Waals surface area contributed by atoms with E-state index in [0.29, 0.717) is 11.4 Å². The SMILES string of the molecule is Cc1ccc(-n2c(=O)c(C=C3C=Nc4ccccc43)c(O)n(-c3ccccc3)c2=S)cc1C. The van der Waals surface area contributed by atoms with Crippen LogP contribution in [0.25, 0.3) is 23.0 Å². The molecule has 0 saturated carbocycles. The van der Waals surface area contributed by atoms with Crippen LogP contribution in [-0.2, 0) is 0 Å². The Labute approximate surface area is 196 Å². The minimum absolute atomic E-state index is 0.142. The molecule has 0 spiro atoms. The van der Waals surface area contributed by atoms with Gasteiger partial charge in [-0.2, -0.15) is 0 Å². The molecule has 0 aliphatic carbocycles. The van der Waals surface area contributed by atoms with Crippen molar-refractivity contribution in [2.24, 2.45) is 4.99 Å². The zero-order valence-corrected chi connectivity index (χ0v) is 19.0. The lowest BCUT2D eigenvalue weighted by atomic mass is 10.0. The van der Waals surface area contributed by atoms with Crippen molar-refractivity contribution in [1.82, 2.24) is 9.13 Å². The largest absolute Gasteiger partial charge is 0.494 e. The topological polar surface area (TPSA) is 59.5 Å². The second kappa shape index (κ2) is 8.15. The van der Waals surface area contributed by atoms with Crippen LogP contribution in [-0.4, -0.2) is 20.5 Å². The monoisotopic (exact) mass is 451 g/mol. The van der Waals surface area contributed by atoms with E-state index < -0.39 is 5.56 Å². The Morgan fingerprint density at radius 3 is 2.36 bits per heavy atom. The Balaban J connectivity index is 1.84. The van der Waals surface area contributed by atoms with Crippen molar-refractivity contribution in [3.05, 3.63) is 110 Å². The first-order chi connectivity index (χ1) is 16.0. The van der Waals surface area contributed by atoms with Gasteiger partial charge in [0.1, 0.15) is 5.56 Å². The van der Waals surface area contributed by atoms with Crippen LogP contribution in [0.5, 0.6) is 5.88 Å². The molecule has 162 valence electrons. The maximum absolute atomic E-state index is 13.7. The Hall–Kier alpha value is -4.03. The molecule has 3 aromatic carbocycles. The Kier molecular flexibility index (Phi) is 5.15. The van der Waals surface area contributed by atoms with Crippen LogP contribution in [0.2, 0.25) is 0 Å². The van der Waals surface area contributed by atoms with Gasteiger partial charge in [0.25, 0.3) is 5.56 Å². The van der Waals surface area contributed by atoms with E-state index in [-0.39, 0.29) is 16.2 Å². The van der Waals surface area contributed by atoms with Gasteiger partial charge in [0, 0.05) is 17.4 Å². The number of hydrogen-bond acceptors (Lipinski definition) is 4. The summed E-state index contributed by atoms with van der Waals surface area (Å²) in [4.78, 5) is 18.1. The van der Waals surface area contributed by atoms with Crippen molar-refractivity contribution >= 4 is 35.8 Å². The molecule has 0 unspecified atom stereocenters. The van der Waals surface area contributed by atoms with E-state index in [1.54, 1.807) is 12.3 Å². The second-order valence-corrected chi connectivity index (χ2v) is 8.34. The molecule has 0 amide bonds.